The highest BCUT2D eigenvalue weighted by atomic mass is 127. The Balaban J connectivity index is 0.00000450. The smallest absolute Gasteiger partial charge is 0.416 e. The second kappa shape index (κ2) is 13.3. The van der Waals surface area contributed by atoms with Gasteiger partial charge in [0.25, 0.3) is 0 Å². The van der Waals surface area contributed by atoms with Crippen molar-refractivity contribution in [3.63, 3.8) is 0 Å². The van der Waals surface area contributed by atoms with Gasteiger partial charge in [0, 0.05) is 32.5 Å². The van der Waals surface area contributed by atoms with Crippen molar-refractivity contribution in [3.05, 3.63) is 59.3 Å². The van der Waals surface area contributed by atoms with E-state index in [9.17, 15) is 13.2 Å². The Kier molecular flexibility index (Phi) is 11.5. The number of methoxy groups -OCH3 is 1. The molecule has 0 aliphatic rings. The zero-order chi connectivity index (χ0) is 21.1. The molecule has 0 unspecified atom stereocenters. The van der Waals surface area contributed by atoms with Crippen LogP contribution in [0.2, 0.25) is 0 Å². The molecule has 1 aromatic heterocycles. The second-order valence-electron chi connectivity index (χ2n) is 6.09. The number of aromatic nitrogens is 1. The van der Waals surface area contributed by atoms with Gasteiger partial charge in [0.05, 0.1) is 18.7 Å². The van der Waals surface area contributed by atoms with Crippen molar-refractivity contribution >= 4 is 29.9 Å². The molecule has 0 saturated heterocycles. The van der Waals surface area contributed by atoms with Crippen molar-refractivity contribution in [3.8, 4) is 5.88 Å². The van der Waals surface area contributed by atoms with E-state index in [0.29, 0.717) is 44.7 Å². The number of benzene rings is 1. The largest absolute Gasteiger partial charge is 0.475 e. The van der Waals surface area contributed by atoms with Crippen molar-refractivity contribution in [1.82, 2.24) is 15.6 Å². The molecule has 0 atom stereocenters. The summed E-state index contributed by atoms with van der Waals surface area (Å²) in [6.07, 6.45) is -2.65. The van der Waals surface area contributed by atoms with Gasteiger partial charge >= 0.3 is 6.18 Å². The van der Waals surface area contributed by atoms with E-state index >= 15 is 0 Å². The van der Waals surface area contributed by atoms with Gasteiger partial charge in [-0.15, -0.1) is 24.0 Å². The molecule has 2 N–H and O–H groups in total. The highest BCUT2D eigenvalue weighted by Crippen LogP contribution is 2.29. The fraction of sp³-hybridized carbons (Fsp3) is 0.400. The fourth-order valence-electron chi connectivity index (χ4n) is 2.33. The Morgan fingerprint density at radius 1 is 1.03 bits per heavy atom. The van der Waals surface area contributed by atoms with E-state index in [1.165, 1.54) is 12.1 Å². The number of hydrogen-bond donors (Lipinski definition) is 2. The van der Waals surface area contributed by atoms with Crippen molar-refractivity contribution in [2.45, 2.75) is 26.2 Å². The molecular weight excluding hydrogens is 512 g/mol. The summed E-state index contributed by atoms with van der Waals surface area (Å²) < 4.78 is 48.2. The summed E-state index contributed by atoms with van der Waals surface area (Å²) in [5.74, 6) is 1.08. The van der Waals surface area contributed by atoms with Gasteiger partial charge < -0.3 is 20.1 Å². The number of pyridine rings is 1. The van der Waals surface area contributed by atoms with Crippen LogP contribution in [0.4, 0.5) is 13.2 Å². The maximum atomic E-state index is 12.6. The lowest BCUT2D eigenvalue weighted by molar-refractivity contribution is -0.137. The van der Waals surface area contributed by atoms with E-state index in [-0.39, 0.29) is 24.0 Å². The number of guanidine groups is 1. The first kappa shape index (κ1) is 26.0. The number of aliphatic imine (C=N–C) groups is 1. The monoisotopic (exact) mass is 538 g/mol. The van der Waals surface area contributed by atoms with Crippen LogP contribution >= 0.6 is 24.0 Å². The topological polar surface area (TPSA) is 67.8 Å². The van der Waals surface area contributed by atoms with Crippen LogP contribution in [-0.2, 0) is 24.0 Å². The molecule has 0 aliphatic heterocycles. The number of halogens is 4. The van der Waals surface area contributed by atoms with Gasteiger partial charge in [-0.3, -0.25) is 0 Å². The van der Waals surface area contributed by atoms with Crippen LogP contribution in [-0.4, -0.2) is 37.8 Å². The van der Waals surface area contributed by atoms with Crippen molar-refractivity contribution < 1.29 is 22.6 Å². The summed E-state index contributed by atoms with van der Waals surface area (Å²) in [5, 5.41) is 6.21. The van der Waals surface area contributed by atoms with Gasteiger partial charge in [0.1, 0.15) is 6.61 Å². The summed E-state index contributed by atoms with van der Waals surface area (Å²) in [4.78, 5) is 8.69. The molecule has 0 radical (unpaired) electrons. The SMILES string of the molecule is CCNC(=NCc1ccc(OCCOC)nc1)NCc1ccc(C(F)(F)F)cc1.I. The second-order valence-corrected chi connectivity index (χ2v) is 6.09. The molecule has 0 saturated carbocycles. The van der Waals surface area contributed by atoms with E-state index in [1.54, 1.807) is 19.4 Å². The summed E-state index contributed by atoms with van der Waals surface area (Å²) in [7, 11) is 1.60. The molecule has 2 aromatic rings. The summed E-state index contributed by atoms with van der Waals surface area (Å²) in [6, 6.07) is 8.68. The molecule has 0 bridgehead atoms. The van der Waals surface area contributed by atoms with Crippen LogP contribution in [0, 0.1) is 0 Å². The Morgan fingerprint density at radius 3 is 2.30 bits per heavy atom. The number of nitrogens with one attached hydrogen (secondary N) is 2. The molecule has 0 amide bonds. The Bertz CT molecular complexity index is 769. The van der Waals surface area contributed by atoms with Crippen molar-refractivity contribution in [2.75, 3.05) is 26.9 Å². The number of nitrogens with zero attached hydrogens (tertiary/aromatic N) is 2. The highest BCUT2D eigenvalue weighted by molar-refractivity contribution is 14.0. The first-order valence-corrected chi connectivity index (χ1v) is 9.17. The van der Waals surface area contributed by atoms with E-state index in [4.69, 9.17) is 9.47 Å². The highest BCUT2D eigenvalue weighted by Gasteiger charge is 2.29. The van der Waals surface area contributed by atoms with Crippen molar-refractivity contribution in [2.24, 2.45) is 4.99 Å². The minimum atomic E-state index is -4.33. The van der Waals surface area contributed by atoms with E-state index in [1.807, 2.05) is 13.0 Å². The molecule has 166 valence electrons. The number of rotatable bonds is 9. The summed E-state index contributed by atoms with van der Waals surface area (Å²) in [5.41, 5.74) is 0.961. The first-order valence-electron chi connectivity index (χ1n) is 9.17. The molecule has 2 rings (SSSR count). The third-order valence-electron chi connectivity index (χ3n) is 3.84. The maximum absolute atomic E-state index is 12.6. The zero-order valence-electron chi connectivity index (χ0n) is 16.8. The number of hydrogen-bond acceptors (Lipinski definition) is 4. The van der Waals surface area contributed by atoms with Gasteiger partial charge in [-0.25, -0.2) is 9.98 Å². The van der Waals surface area contributed by atoms with E-state index in [0.717, 1.165) is 23.3 Å². The molecular formula is C20H26F3IN4O2. The number of alkyl halides is 3. The fourth-order valence-corrected chi connectivity index (χ4v) is 2.33. The minimum Gasteiger partial charge on any atom is -0.475 e. The average Bonchev–Trinajstić information content (AvgIpc) is 2.71. The van der Waals surface area contributed by atoms with Crippen LogP contribution in [0.1, 0.15) is 23.6 Å². The first-order chi connectivity index (χ1) is 13.9. The lowest BCUT2D eigenvalue weighted by Crippen LogP contribution is -2.36. The van der Waals surface area contributed by atoms with E-state index in [2.05, 4.69) is 20.6 Å². The van der Waals surface area contributed by atoms with Crippen LogP contribution in [0.5, 0.6) is 5.88 Å². The molecule has 30 heavy (non-hydrogen) atoms. The van der Waals surface area contributed by atoms with Gasteiger partial charge in [-0.2, -0.15) is 13.2 Å². The number of ether oxygens (including phenoxy) is 2. The average molecular weight is 538 g/mol. The Hall–Kier alpha value is -2.08. The maximum Gasteiger partial charge on any atom is 0.416 e. The van der Waals surface area contributed by atoms with Crippen molar-refractivity contribution in [1.29, 1.82) is 0 Å². The quantitative estimate of drug-likeness (QED) is 0.219. The molecule has 0 fully saturated rings. The Labute approximate surface area is 191 Å². The third-order valence-corrected chi connectivity index (χ3v) is 3.84. The molecule has 0 spiro atoms. The van der Waals surface area contributed by atoms with Crippen LogP contribution in [0.25, 0.3) is 0 Å². The van der Waals surface area contributed by atoms with Crippen LogP contribution in [0.15, 0.2) is 47.6 Å². The normalized spacial score (nSPS) is 11.6. The molecule has 1 aromatic carbocycles. The predicted octanol–water partition coefficient (Wildman–Crippen LogP) is 4.00. The molecule has 10 heteroatoms. The minimum absolute atomic E-state index is 0. The van der Waals surface area contributed by atoms with Crippen LogP contribution in [0.3, 0.4) is 0 Å². The summed E-state index contributed by atoms with van der Waals surface area (Å²) >= 11 is 0. The Morgan fingerprint density at radius 2 is 1.73 bits per heavy atom. The zero-order valence-corrected chi connectivity index (χ0v) is 19.2. The predicted molar refractivity (Wildman–Crippen MR) is 120 cm³/mol. The lowest BCUT2D eigenvalue weighted by atomic mass is 10.1. The summed E-state index contributed by atoms with van der Waals surface area (Å²) in [6.45, 7) is 4.26. The molecule has 1 heterocycles. The van der Waals surface area contributed by atoms with Gasteiger partial charge in [0.2, 0.25) is 5.88 Å². The molecule has 0 aliphatic carbocycles. The van der Waals surface area contributed by atoms with Crippen LogP contribution < -0.4 is 15.4 Å². The van der Waals surface area contributed by atoms with Gasteiger partial charge in [0.15, 0.2) is 5.96 Å². The molecule has 6 nitrogen and oxygen atoms in total. The standard InChI is InChI=1S/C20H25F3N4O2.HI/c1-3-24-19(26-12-15-4-7-17(8-5-15)20(21,22)23)27-14-16-6-9-18(25-13-16)29-11-10-28-2;/h4-9,13H,3,10-12,14H2,1-2H3,(H2,24,26,27);1H. The van der Waals surface area contributed by atoms with Gasteiger partial charge in [-0.05, 0) is 30.2 Å². The third kappa shape index (κ3) is 9.16. The van der Waals surface area contributed by atoms with E-state index < -0.39 is 11.7 Å². The lowest BCUT2D eigenvalue weighted by Gasteiger charge is -2.12. The van der Waals surface area contributed by atoms with Gasteiger partial charge in [-0.1, -0.05) is 18.2 Å².